The Balaban J connectivity index is 2.39. The predicted octanol–water partition coefficient (Wildman–Crippen LogP) is 1.78. The van der Waals surface area contributed by atoms with Crippen molar-refractivity contribution in [2.24, 2.45) is 0 Å². The standard InChI is InChI=1S/C9H7Br2NO2/c10-5-3-9(2-1-7(13)12-9)4-6(11)8(5)14/h3-4H,1-2H2,(H,12,13). The van der Waals surface area contributed by atoms with Gasteiger partial charge in [0.2, 0.25) is 11.7 Å². The van der Waals surface area contributed by atoms with Crippen molar-refractivity contribution in [3.8, 4) is 0 Å². The molecular weight excluding hydrogens is 314 g/mol. The van der Waals surface area contributed by atoms with Gasteiger partial charge in [-0.25, -0.2) is 0 Å². The zero-order valence-corrected chi connectivity index (χ0v) is 10.3. The van der Waals surface area contributed by atoms with Crippen molar-refractivity contribution < 1.29 is 9.59 Å². The van der Waals surface area contributed by atoms with Crippen LogP contribution in [0, 0.1) is 0 Å². The second kappa shape index (κ2) is 3.31. The minimum Gasteiger partial charge on any atom is -0.344 e. The van der Waals surface area contributed by atoms with Crippen LogP contribution in [0.3, 0.4) is 0 Å². The molecule has 0 aromatic carbocycles. The van der Waals surface area contributed by atoms with Crippen LogP contribution in [0.4, 0.5) is 0 Å². The van der Waals surface area contributed by atoms with Crippen LogP contribution in [0.5, 0.6) is 0 Å². The Morgan fingerprint density at radius 3 is 2.21 bits per heavy atom. The fourth-order valence-corrected chi connectivity index (χ4v) is 3.17. The van der Waals surface area contributed by atoms with Crippen molar-refractivity contribution in [2.75, 3.05) is 0 Å². The number of amides is 1. The van der Waals surface area contributed by atoms with Gasteiger partial charge in [0.25, 0.3) is 0 Å². The van der Waals surface area contributed by atoms with E-state index >= 15 is 0 Å². The zero-order chi connectivity index (χ0) is 10.3. The van der Waals surface area contributed by atoms with E-state index in [-0.39, 0.29) is 11.7 Å². The fourth-order valence-electron chi connectivity index (χ4n) is 1.66. The van der Waals surface area contributed by atoms with Crippen LogP contribution in [0.1, 0.15) is 12.8 Å². The lowest BCUT2D eigenvalue weighted by Crippen LogP contribution is -2.40. The summed E-state index contributed by atoms with van der Waals surface area (Å²) in [5.41, 5.74) is -0.470. The summed E-state index contributed by atoms with van der Waals surface area (Å²) in [4.78, 5) is 22.5. The van der Waals surface area contributed by atoms with Crippen molar-refractivity contribution in [1.82, 2.24) is 5.32 Å². The monoisotopic (exact) mass is 319 g/mol. The highest BCUT2D eigenvalue weighted by atomic mass is 79.9. The first-order valence-corrected chi connectivity index (χ1v) is 5.73. The van der Waals surface area contributed by atoms with Gasteiger partial charge in [0.15, 0.2) is 0 Å². The molecule has 1 amide bonds. The van der Waals surface area contributed by atoms with E-state index in [9.17, 15) is 9.59 Å². The molecule has 2 aliphatic rings. The summed E-state index contributed by atoms with van der Waals surface area (Å²) in [7, 11) is 0. The van der Waals surface area contributed by atoms with Gasteiger partial charge in [-0.3, -0.25) is 9.59 Å². The first kappa shape index (κ1) is 10.1. The number of ketones is 1. The molecule has 0 saturated carbocycles. The second-order valence-corrected chi connectivity index (χ2v) is 5.11. The number of hydrogen-bond donors (Lipinski definition) is 1. The highest BCUT2D eigenvalue weighted by Crippen LogP contribution is 2.34. The Morgan fingerprint density at radius 2 is 1.79 bits per heavy atom. The van der Waals surface area contributed by atoms with Gasteiger partial charge in [-0.15, -0.1) is 0 Å². The molecule has 0 aromatic heterocycles. The molecule has 0 radical (unpaired) electrons. The molecule has 1 fully saturated rings. The maximum absolute atomic E-state index is 11.4. The van der Waals surface area contributed by atoms with E-state index in [1.807, 2.05) is 0 Å². The third-order valence-corrected chi connectivity index (χ3v) is 3.52. The van der Waals surface area contributed by atoms with Crippen LogP contribution in [0.25, 0.3) is 0 Å². The van der Waals surface area contributed by atoms with Crippen molar-refractivity contribution in [1.29, 1.82) is 0 Å². The lowest BCUT2D eigenvalue weighted by Gasteiger charge is -2.25. The zero-order valence-electron chi connectivity index (χ0n) is 7.14. The van der Waals surface area contributed by atoms with Crippen LogP contribution in [-0.4, -0.2) is 17.2 Å². The molecule has 1 aliphatic heterocycles. The van der Waals surface area contributed by atoms with Crippen molar-refractivity contribution in [3.63, 3.8) is 0 Å². The first-order valence-electron chi connectivity index (χ1n) is 4.15. The van der Waals surface area contributed by atoms with Crippen molar-refractivity contribution in [2.45, 2.75) is 18.4 Å². The van der Waals surface area contributed by atoms with Gasteiger partial charge in [0, 0.05) is 6.42 Å². The highest BCUT2D eigenvalue weighted by Gasteiger charge is 2.38. The highest BCUT2D eigenvalue weighted by molar-refractivity contribution is 9.13. The Kier molecular flexibility index (Phi) is 2.39. The number of Topliss-reactive ketones (excluding diaryl/α,β-unsaturated/α-hetero) is 1. The summed E-state index contributed by atoms with van der Waals surface area (Å²) in [6.45, 7) is 0. The number of nitrogens with one attached hydrogen (secondary N) is 1. The van der Waals surface area contributed by atoms with Crippen LogP contribution in [0.15, 0.2) is 21.1 Å². The summed E-state index contributed by atoms with van der Waals surface area (Å²) in [6, 6.07) is 0. The topological polar surface area (TPSA) is 46.2 Å². The van der Waals surface area contributed by atoms with Gasteiger partial charge < -0.3 is 5.32 Å². The molecule has 74 valence electrons. The molecule has 0 atom stereocenters. The molecule has 2 rings (SSSR count). The Labute approximate surface area is 97.9 Å². The number of halogens is 2. The van der Waals surface area contributed by atoms with E-state index in [4.69, 9.17) is 0 Å². The van der Waals surface area contributed by atoms with Gasteiger partial charge >= 0.3 is 0 Å². The number of allylic oxidation sites excluding steroid dienone is 2. The molecule has 1 heterocycles. The van der Waals surface area contributed by atoms with E-state index in [2.05, 4.69) is 37.2 Å². The van der Waals surface area contributed by atoms with Gasteiger partial charge in [-0.1, -0.05) is 0 Å². The molecule has 0 aromatic rings. The molecule has 1 spiro atoms. The third-order valence-electron chi connectivity index (χ3n) is 2.34. The SMILES string of the molecule is O=C1CCC2(C=C(Br)C(=O)C(Br)=C2)N1. The van der Waals surface area contributed by atoms with E-state index < -0.39 is 5.54 Å². The normalized spacial score (nSPS) is 24.7. The average molecular weight is 321 g/mol. The van der Waals surface area contributed by atoms with Gasteiger partial charge in [-0.05, 0) is 50.4 Å². The van der Waals surface area contributed by atoms with Gasteiger partial charge in [0.05, 0.1) is 14.5 Å². The second-order valence-electron chi connectivity index (χ2n) is 3.40. The predicted molar refractivity (Wildman–Crippen MR) is 59.1 cm³/mol. The molecular formula is C9H7Br2NO2. The summed E-state index contributed by atoms with van der Waals surface area (Å²) in [5, 5.41) is 2.85. The maximum Gasteiger partial charge on any atom is 0.221 e. The van der Waals surface area contributed by atoms with Crippen LogP contribution < -0.4 is 5.32 Å². The molecule has 3 nitrogen and oxygen atoms in total. The van der Waals surface area contributed by atoms with Crippen LogP contribution >= 0.6 is 31.9 Å². The molecule has 1 saturated heterocycles. The number of carbonyl (C=O) groups is 2. The summed E-state index contributed by atoms with van der Waals surface area (Å²) in [5.74, 6) is -0.0655. The molecule has 0 unspecified atom stereocenters. The van der Waals surface area contributed by atoms with E-state index in [0.717, 1.165) is 0 Å². The number of rotatable bonds is 0. The molecule has 14 heavy (non-hydrogen) atoms. The lowest BCUT2D eigenvalue weighted by molar-refractivity contribution is -0.119. The lowest BCUT2D eigenvalue weighted by atomic mass is 9.92. The molecule has 1 N–H and O–H groups in total. The van der Waals surface area contributed by atoms with Crippen molar-refractivity contribution in [3.05, 3.63) is 21.1 Å². The van der Waals surface area contributed by atoms with E-state index in [0.29, 0.717) is 21.8 Å². The van der Waals surface area contributed by atoms with E-state index in [1.54, 1.807) is 12.2 Å². The van der Waals surface area contributed by atoms with Crippen LogP contribution in [-0.2, 0) is 9.59 Å². The number of carbonyl (C=O) groups excluding carboxylic acids is 2. The number of hydrogen-bond acceptors (Lipinski definition) is 2. The Bertz CT molecular complexity index is 362. The summed E-state index contributed by atoms with van der Waals surface area (Å²) < 4.78 is 0.989. The van der Waals surface area contributed by atoms with E-state index in [1.165, 1.54) is 0 Å². The fraction of sp³-hybridized carbons (Fsp3) is 0.333. The third kappa shape index (κ3) is 1.59. The molecule has 1 aliphatic carbocycles. The first-order chi connectivity index (χ1) is 6.52. The molecule has 5 heteroatoms. The Morgan fingerprint density at radius 1 is 1.21 bits per heavy atom. The summed E-state index contributed by atoms with van der Waals surface area (Å²) in [6.07, 6.45) is 4.71. The Hall–Kier alpha value is -0.420. The maximum atomic E-state index is 11.4. The van der Waals surface area contributed by atoms with Gasteiger partial charge in [-0.2, -0.15) is 0 Å². The van der Waals surface area contributed by atoms with Crippen LogP contribution in [0.2, 0.25) is 0 Å². The minimum atomic E-state index is -0.470. The quantitative estimate of drug-likeness (QED) is 0.739. The summed E-state index contributed by atoms with van der Waals surface area (Å²) >= 11 is 6.38. The average Bonchev–Trinajstić information content (AvgIpc) is 2.43. The van der Waals surface area contributed by atoms with Gasteiger partial charge in [0.1, 0.15) is 0 Å². The largest absolute Gasteiger partial charge is 0.344 e. The minimum absolute atomic E-state index is 0.0208. The smallest absolute Gasteiger partial charge is 0.221 e. The van der Waals surface area contributed by atoms with Crippen molar-refractivity contribution >= 4 is 43.6 Å². The molecule has 0 bridgehead atoms.